The van der Waals surface area contributed by atoms with Crippen LogP contribution in [0.2, 0.25) is 0 Å². The van der Waals surface area contributed by atoms with E-state index in [2.05, 4.69) is 15.0 Å². The zero-order chi connectivity index (χ0) is 11.8. The number of aliphatic imine (C=N–C) groups is 1. The highest BCUT2D eigenvalue weighted by Gasteiger charge is 2.26. The van der Waals surface area contributed by atoms with E-state index in [0.29, 0.717) is 16.6 Å². The number of thioether (sulfide) groups is 1. The summed E-state index contributed by atoms with van der Waals surface area (Å²) in [6.45, 7) is 0. The Balaban J connectivity index is 1.99. The van der Waals surface area contributed by atoms with E-state index in [4.69, 9.17) is 5.11 Å². The molecule has 2 heterocycles. The van der Waals surface area contributed by atoms with Crippen LogP contribution in [-0.2, 0) is 4.79 Å². The first-order valence-electron chi connectivity index (χ1n) is 5.12. The summed E-state index contributed by atoms with van der Waals surface area (Å²) in [4.78, 5) is 22.5. The lowest BCUT2D eigenvalue weighted by Gasteiger charge is -1.93. The van der Waals surface area contributed by atoms with Gasteiger partial charge in [0.1, 0.15) is 5.04 Å². The molecule has 0 aliphatic carbocycles. The van der Waals surface area contributed by atoms with E-state index in [-0.39, 0.29) is 0 Å². The summed E-state index contributed by atoms with van der Waals surface area (Å²) in [6.07, 6.45) is 0. The highest BCUT2D eigenvalue weighted by Crippen LogP contribution is 2.23. The van der Waals surface area contributed by atoms with Crippen LogP contribution in [0.3, 0.4) is 0 Å². The van der Waals surface area contributed by atoms with Crippen molar-refractivity contribution in [1.29, 1.82) is 0 Å². The second-order valence-corrected chi connectivity index (χ2v) is 4.71. The van der Waals surface area contributed by atoms with Crippen molar-refractivity contribution in [2.24, 2.45) is 4.99 Å². The number of hydrogen-bond donors (Lipinski definition) is 2. The number of para-hydroxylation sites is 2. The number of H-pyrrole nitrogens is 1. The molecule has 86 valence electrons. The fraction of sp³-hybridized carbons (Fsp3) is 0.182. The van der Waals surface area contributed by atoms with Gasteiger partial charge in [-0.3, -0.25) is 4.99 Å². The van der Waals surface area contributed by atoms with E-state index in [0.717, 1.165) is 11.0 Å². The molecule has 6 heteroatoms. The number of benzene rings is 1. The van der Waals surface area contributed by atoms with Crippen LogP contribution in [0.4, 0.5) is 0 Å². The van der Waals surface area contributed by atoms with Gasteiger partial charge in [-0.1, -0.05) is 12.1 Å². The van der Waals surface area contributed by atoms with Crippen LogP contribution in [0.5, 0.6) is 0 Å². The maximum Gasteiger partial charge on any atom is 0.329 e. The van der Waals surface area contributed by atoms with E-state index in [1.165, 1.54) is 11.8 Å². The van der Waals surface area contributed by atoms with Crippen LogP contribution in [-0.4, -0.2) is 37.9 Å². The van der Waals surface area contributed by atoms with Crippen molar-refractivity contribution in [2.75, 3.05) is 5.75 Å². The van der Waals surface area contributed by atoms with Crippen LogP contribution in [0, 0.1) is 0 Å². The summed E-state index contributed by atoms with van der Waals surface area (Å²) in [6, 6.07) is 7.03. The van der Waals surface area contributed by atoms with Gasteiger partial charge >= 0.3 is 5.97 Å². The fourth-order valence-corrected chi connectivity index (χ4v) is 2.65. The predicted octanol–water partition coefficient (Wildman–Crippen LogP) is 1.51. The number of imidazole rings is 1. The first-order chi connectivity index (χ1) is 8.24. The first-order valence-corrected chi connectivity index (χ1v) is 6.11. The fourth-order valence-electron chi connectivity index (χ4n) is 1.68. The topological polar surface area (TPSA) is 78.3 Å². The van der Waals surface area contributed by atoms with Crippen molar-refractivity contribution >= 4 is 33.8 Å². The van der Waals surface area contributed by atoms with Crippen LogP contribution in [0.25, 0.3) is 11.0 Å². The number of aliphatic carboxylic acids is 1. The monoisotopic (exact) mass is 247 g/mol. The van der Waals surface area contributed by atoms with Crippen molar-refractivity contribution in [3.8, 4) is 0 Å². The van der Waals surface area contributed by atoms with Gasteiger partial charge in [-0.15, -0.1) is 11.8 Å². The van der Waals surface area contributed by atoms with E-state index in [1.54, 1.807) is 0 Å². The molecule has 3 rings (SSSR count). The first kappa shape index (κ1) is 10.3. The maximum absolute atomic E-state index is 10.8. The number of carbonyl (C=O) groups is 1. The van der Waals surface area contributed by atoms with E-state index in [1.807, 2.05) is 24.3 Å². The largest absolute Gasteiger partial charge is 0.480 e. The van der Waals surface area contributed by atoms with Crippen molar-refractivity contribution in [1.82, 2.24) is 9.97 Å². The molecular weight excluding hydrogens is 238 g/mol. The smallest absolute Gasteiger partial charge is 0.329 e. The Kier molecular flexibility index (Phi) is 2.36. The standard InChI is InChI=1S/C11H9N3O2S/c15-11(16)8-5-17-10(14-8)9-12-6-3-1-2-4-7(6)13-9/h1-4,8H,5H2,(H,12,13)(H,15,16)/t8-/m0/s1. The molecule has 0 unspecified atom stereocenters. The van der Waals surface area contributed by atoms with Crippen LogP contribution < -0.4 is 0 Å². The number of carboxylic acid groups (broad SMARTS) is 1. The van der Waals surface area contributed by atoms with Gasteiger partial charge in [-0.2, -0.15) is 0 Å². The number of hydrogen-bond acceptors (Lipinski definition) is 4. The van der Waals surface area contributed by atoms with Crippen molar-refractivity contribution < 1.29 is 9.90 Å². The summed E-state index contributed by atoms with van der Waals surface area (Å²) in [7, 11) is 0. The number of fused-ring (bicyclic) bond motifs is 1. The molecule has 5 nitrogen and oxygen atoms in total. The minimum absolute atomic E-state index is 0.474. The maximum atomic E-state index is 10.8. The summed E-state index contributed by atoms with van der Waals surface area (Å²) >= 11 is 1.42. The number of carboxylic acids is 1. The van der Waals surface area contributed by atoms with Gasteiger partial charge in [-0.05, 0) is 12.1 Å². The molecular formula is C11H9N3O2S. The lowest BCUT2D eigenvalue weighted by molar-refractivity contribution is -0.137. The van der Waals surface area contributed by atoms with Crippen molar-refractivity contribution in [3.63, 3.8) is 0 Å². The Morgan fingerprint density at radius 2 is 2.29 bits per heavy atom. The molecule has 0 spiro atoms. The lowest BCUT2D eigenvalue weighted by atomic mass is 10.3. The minimum Gasteiger partial charge on any atom is -0.480 e. The molecule has 1 aromatic carbocycles. The lowest BCUT2D eigenvalue weighted by Crippen LogP contribution is -2.17. The second-order valence-electron chi connectivity index (χ2n) is 3.70. The van der Waals surface area contributed by atoms with Gasteiger partial charge < -0.3 is 10.1 Å². The average molecular weight is 247 g/mol. The molecule has 0 amide bonds. The third-order valence-electron chi connectivity index (χ3n) is 2.53. The summed E-state index contributed by atoms with van der Waals surface area (Å²) in [5.74, 6) is 0.241. The molecule has 0 radical (unpaired) electrons. The molecule has 17 heavy (non-hydrogen) atoms. The highest BCUT2D eigenvalue weighted by molar-refractivity contribution is 8.14. The average Bonchev–Trinajstić information content (AvgIpc) is 2.95. The molecule has 1 atom stereocenters. The minimum atomic E-state index is -0.886. The van der Waals surface area contributed by atoms with Gasteiger partial charge in [0.2, 0.25) is 0 Å². The molecule has 0 saturated heterocycles. The molecule has 1 aliphatic heterocycles. The van der Waals surface area contributed by atoms with E-state index >= 15 is 0 Å². The molecule has 2 N–H and O–H groups in total. The van der Waals surface area contributed by atoms with Gasteiger partial charge in [-0.25, -0.2) is 9.78 Å². The molecule has 2 aromatic rings. The number of nitrogens with one attached hydrogen (secondary N) is 1. The second kappa shape index (κ2) is 3.89. The number of rotatable bonds is 2. The normalized spacial score (nSPS) is 19.5. The SMILES string of the molecule is O=C(O)[C@@H]1CSC(c2nc3ccccc3[nH]2)=N1. The summed E-state index contributed by atoms with van der Waals surface area (Å²) in [5, 5.41) is 9.54. The molecule has 0 fully saturated rings. The Morgan fingerprint density at radius 1 is 1.47 bits per heavy atom. The zero-order valence-corrected chi connectivity index (χ0v) is 9.57. The molecule has 1 aromatic heterocycles. The number of aromatic nitrogens is 2. The molecule has 0 bridgehead atoms. The van der Waals surface area contributed by atoms with Gasteiger partial charge in [0.25, 0.3) is 0 Å². The third-order valence-corrected chi connectivity index (χ3v) is 3.58. The Hall–Kier alpha value is -1.82. The van der Waals surface area contributed by atoms with E-state index in [9.17, 15) is 4.79 Å². The summed E-state index contributed by atoms with van der Waals surface area (Å²) in [5.41, 5.74) is 1.80. The molecule has 0 saturated carbocycles. The summed E-state index contributed by atoms with van der Waals surface area (Å²) < 4.78 is 0. The van der Waals surface area contributed by atoms with Gasteiger partial charge in [0, 0.05) is 5.75 Å². The highest BCUT2D eigenvalue weighted by atomic mass is 32.2. The predicted molar refractivity (Wildman–Crippen MR) is 66.5 cm³/mol. The van der Waals surface area contributed by atoms with Crippen LogP contribution in [0.15, 0.2) is 29.3 Å². The Labute approximate surface area is 101 Å². The van der Waals surface area contributed by atoms with Crippen LogP contribution in [0.1, 0.15) is 5.82 Å². The van der Waals surface area contributed by atoms with Gasteiger partial charge in [0.05, 0.1) is 11.0 Å². The molecule has 1 aliphatic rings. The number of nitrogens with zero attached hydrogens (tertiary/aromatic N) is 2. The third kappa shape index (κ3) is 1.80. The zero-order valence-electron chi connectivity index (χ0n) is 8.75. The number of aromatic amines is 1. The van der Waals surface area contributed by atoms with E-state index < -0.39 is 12.0 Å². The van der Waals surface area contributed by atoms with Crippen LogP contribution >= 0.6 is 11.8 Å². The van der Waals surface area contributed by atoms with Crippen molar-refractivity contribution in [3.05, 3.63) is 30.1 Å². The Bertz CT molecular complexity index is 587. The van der Waals surface area contributed by atoms with Gasteiger partial charge in [0.15, 0.2) is 11.9 Å². The quantitative estimate of drug-likeness (QED) is 0.843. The van der Waals surface area contributed by atoms with Crippen molar-refractivity contribution in [2.45, 2.75) is 6.04 Å². The Morgan fingerprint density at radius 3 is 3.00 bits per heavy atom.